The van der Waals surface area contributed by atoms with Crippen LogP contribution in [0.4, 0.5) is 4.79 Å². The molecule has 0 bridgehead atoms. The number of nitrogens with zero attached hydrogens (tertiary/aromatic N) is 1. The molecule has 1 amide bonds. The molecule has 0 radical (unpaired) electrons. The van der Waals surface area contributed by atoms with E-state index in [9.17, 15) is 14.7 Å². The molecule has 1 aromatic rings. The fourth-order valence-electron chi connectivity index (χ4n) is 2.53. The van der Waals surface area contributed by atoms with Gasteiger partial charge in [0.05, 0.1) is 19.8 Å². The molecule has 1 N–H and O–H groups in total. The average Bonchev–Trinajstić information content (AvgIpc) is 2.93. The molecule has 1 aromatic carbocycles. The smallest absolute Gasteiger partial charge is 0.411 e. The summed E-state index contributed by atoms with van der Waals surface area (Å²) in [5, 5.41) is 9.84. The van der Waals surface area contributed by atoms with Crippen molar-refractivity contribution in [2.45, 2.75) is 51.5 Å². The number of methoxy groups -OCH3 is 1. The second kappa shape index (κ2) is 7.74. The van der Waals surface area contributed by atoms with Crippen molar-refractivity contribution in [3.05, 3.63) is 29.8 Å². The maximum Gasteiger partial charge on any atom is 0.411 e. The van der Waals surface area contributed by atoms with Gasteiger partial charge in [-0.2, -0.15) is 0 Å². The second-order valence-electron chi connectivity index (χ2n) is 6.99. The Kier molecular flexibility index (Phi) is 5.89. The highest BCUT2D eigenvalue weighted by atomic mass is 16.6. The first-order valence-electron chi connectivity index (χ1n) is 8.17. The van der Waals surface area contributed by atoms with Gasteiger partial charge in [0.1, 0.15) is 24.0 Å². The molecular formula is C18H25NO6. The predicted octanol–water partition coefficient (Wildman–Crippen LogP) is 2.11. The van der Waals surface area contributed by atoms with E-state index in [0.29, 0.717) is 5.75 Å². The topological polar surface area (TPSA) is 85.3 Å². The number of hydrogen-bond donors (Lipinski definition) is 1. The van der Waals surface area contributed by atoms with Gasteiger partial charge in [-0.05, 0) is 38.5 Å². The van der Waals surface area contributed by atoms with Crippen molar-refractivity contribution in [2.75, 3.05) is 13.7 Å². The minimum atomic E-state index is -0.844. The Morgan fingerprint density at radius 2 is 1.88 bits per heavy atom. The van der Waals surface area contributed by atoms with Crippen LogP contribution in [-0.2, 0) is 20.9 Å². The quantitative estimate of drug-likeness (QED) is 0.836. The van der Waals surface area contributed by atoms with E-state index in [-0.39, 0.29) is 19.6 Å². The normalized spacial score (nSPS) is 20.3. The van der Waals surface area contributed by atoms with E-state index in [1.165, 1.54) is 4.90 Å². The second-order valence-corrected chi connectivity index (χ2v) is 6.99. The third kappa shape index (κ3) is 5.35. The largest absolute Gasteiger partial charge is 0.497 e. The summed E-state index contributed by atoms with van der Waals surface area (Å²) < 4.78 is 15.7. The lowest BCUT2D eigenvalue weighted by Crippen LogP contribution is -2.44. The van der Waals surface area contributed by atoms with Crippen molar-refractivity contribution in [1.82, 2.24) is 4.90 Å². The van der Waals surface area contributed by atoms with E-state index < -0.39 is 29.8 Å². The Morgan fingerprint density at radius 1 is 1.24 bits per heavy atom. The van der Waals surface area contributed by atoms with Crippen LogP contribution in [0.1, 0.15) is 32.8 Å². The number of rotatable bonds is 4. The van der Waals surface area contributed by atoms with Crippen LogP contribution in [-0.4, -0.2) is 53.5 Å². The van der Waals surface area contributed by atoms with Crippen LogP contribution in [0.3, 0.4) is 0 Å². The third-order valence-electron chi connectivity index (χ3n) is 3.72. The Balaban J connectivity index is 1.96. The number of ether oxygens (including phenoxy) is 3. The standard InChI is InChI=1S/C18H25NO6/c1-18(2,3)25-17(22)19-10-13(20)9-15(19)16(21)24-11-12-5-7-14(23-4)8-6-12/h5-8,13,15,20H,9-11H2,1-4H3/t13-,15+/m1/s1. The number of likely N-dealkylation sites (tertiary alicyclic amines) is 1. The van der Waals surface area contributed by atoms with Gasteiger partial charge in [0.2, 0.25) is 0 Å². The van der Waals surface area contributed by atoms with Gasteiger partial charge in [0.15, 0.2) is 0 Å². The van der Waals surface area contributed by atoms with Crippen molar-refractivity contribution in [3.8, 4) is 5.75 Å². The molecule has 2 rings (SSSR count). The number of aliphatic hydroxyl groups is 1. The molecule has 1 aliphatic rings. The SMILES string of the molecule is COc1ccc(COC(=O)[C@@H]2C[C@@H](O)CN2C(=O)OC(C)(C)C)cc1. The minimum absolute atomic E-state index is 0.0528. The zero-order chi connectivity index (χ0) is 18.6. The minimum Gasteiger partial charge on any atom is -0.497 e. The van der Waals surface area contributed by atoms with Crippen LogP contribution in [0.5, 0.6) is 5.75 Å². The number of carbonyl (C=O) groups is 2. The Morgan fingerprint density at radius 3 is 2.44 bits per heavy atom. The molecule has 25 heavy (non-hydrogen) atoms. The molecule has 1 aliphatic heterocycles. The summed E-state index contributed by atoms with van der Waals surface area (Å²) in [7, 11) is 1.58. The van der Waals surface area contributed by atoms with E-state index in [4.69, 9.17) is 14.2 Å². The first-order chi connectivity index (χ1) is 11.7. The first-order valence-corrected chi connectivity index (χ1v) is 8.17. The summed E-state index contributed by atoms with van der Waals surface area (Å²) in [6.07, 6.45) is -1.26. The summed E-state index contributed by atoms with van der Waals surface area (Å²) in [5.41, 5.74) is 0.124. The fourth-order valence-corrected chi connectivity index (χ4v) is 2.53. The molecule has 0 unspecified atom stereocenters. The molecule has 1 saturated heterocycles. The molecule has 1 heterocycles. The molecular weight excluding hydrogens is 326 g/mol. The molecule has 0 aromatic heterocycles. The van der Waals surface area contributed by atoms with E-state index in [1.807, 2.05) is 0 Å². The van der Waals surface area contributed by atoms with E-state index in [1.54, 1.807) is 52.1 Å². The van der Waals surface area contributed by atoms with Gasteiger partial charge >= 0.3 is 12.1 Å². The van der Waals surface area contributed by atoms with Gasteiger partial charge in [0.25, 0.3) is 0 Å². The molecule has 0 aliphatic carbocycles. The maximum atomic E-state index is 12.4. The van der Waals surface area contributed by atoms with Crippen LogP contribution in [0, 0.1) is 0 Å². The van der Waals surface area contributed by atoms with E-state index in [0.717, 1.165) is 5.56 Å². The molecule has 7 heteroatoms. The van der Waals surface area contributed by atoms with Crippen LogP contribution >= 0.6 is 0 Å². The molecule has 1 fully saturated rings. The van der Waals surface area contributed by atoms with Crippen molar-refractivity contribution >= 4 is 12.1 Å². The predicted molar refractivity (Wildman–Crippen MR) is 90.1 cm³/mol. The number of β-amino-alcohol motifs (C(OH)–C–C–N with tert-alkyl or cyclic N) is 1. The molecule has 7 nitrogen and oxygen atoms in total. The summed E-state index contributed by atoms with van der Waals surface area (Å²) >= 11 is 0. The molecule has 0 saturated carbocycles. The molecule has 0 spiro atoms. The van der Waals surface area contributed by atoms with Crippen molar-refractivity contribution in [1.29, 1.82) is 0 Å². The number of carbonyl (C=O) groups excluding carboxylic acids is 2. The summed E-state index contributed by atoms with van der Waals surface area (Å²) in [6.45, 7) is 5.37. The van der Waals surface area contributed by atoms with Gasteiger partial charge in [-0.3, -0.25) is 4.90 Å². The van der Waals surface area contributed by atoms with Crippen LogP contribution in [0.15, 0.2) is 24.3 Å². The van der Waals surface area contributed by atoms with Gasteiger partial charge in [-0.25, -0.2) is 9.59 Å². The van der Waals surface area contributed by atoms with Crippen LogP contribution in [0.25, 0.3) is 0 Å². The highest BCUT2D eigenvalue weighted by Crippen LogP contribution is 2.23. The number of benzene rings is 1. The lowest BCUT2D eigenvalue weighted by molar-refractivity contribution is -0.150. The number of aliphatic hydroxyl groups excluding tert-OH is 1. The first kappa shape index (κ1) is 19.1. The highest BCUT2D eigenvalue weighted by molar-refractivity contribution is 5.82. The average molecular weight is 351 g/mol. The van der Waals surface area contributed by atoms with Gasteiger partial charge < -0.3 is 19.3 Å². The summed E-state index contributed by atoms with van der Waals surface area (Å²) in [6, 6.07) is 6.29. The Bertz CT molecular complexity index is 607. The highest BCUT2D eigenvalue weighted by Gasteiger charge is 2.41. The zero-order valence-electron chi connectivity index (χ0n) is 15.0. The number of hydrogen-bond acceptors (Lipinski definition) is 6. The van der Waals surface area contributed by atoms with Gasteiger partial charge in [-0.15, -0.1) is 0 Å². The summed E-state index contributed by atoms with van der Waals surface area (Å²) in [4.78, 5) is 25.8. The molecule has 138 valence electrons. The fraction of sp³-hybridized carbons (Fsp3) is 0.556. The lowest BCUT2D eigenvalue weighted by Gasteiger charge is -2.27. The Hall–Kier alpha value is -2.28. The van der Waals surface area contributed by atoms with Crippen molar-refractivity contribution in [2.24, 2.45) is 0 Å². The molecule has 2 atom stereocenters. The number of amides is 1. The summed E-state index contributed by atoms with van der Waals surface area (Å²) in [5.74, 6) is 0.156. The van der Waals surface area contributed by atoms with Gasteiger partial charge in [-0.1, -0.05) is 12.1 Å². The third-order valence-corrected chi connectivity index (χ3v) is 3.72. The van der Waals surface area contributed by atoms with Crippen molar-refractivity contribution in [3.63, 3.8) is 0 Å². The number of esters is 1. The van der Waals surface area contributed by atoms with E-state index >= 15 is 0 Å². The van der Waals surface area contributed by atoms with Crippen LogP contribution < -0.4 is 4.74 Å². The van der Waals surface area contributed by atoms with Crippen molar-refractivity contribution < 1.29 is 28.9 Å². The zero-order valence-corrected chi connectivity index (χ0v) is 15.0. The monoisotopic (exact) mass is 351 g/mol. The Labute approximate surface area is 147 Å². The lowest BCUT2D eigenvalue weighted by atomic mass is 10.2. The van der Waals surface area contributed by atoms with E-state index in [2.05, 4.69) is 0 Å². The van der Waals surface area contributed by atoms with Crippen LogP contribution in [0.2, 0.25) is 0 Å². The van der Waals surface area contributed by atoms with Gasteiger partial charge in [0, 0.05) is 6.42 Å². The maximum absolute atomic E-state index is 12.4.